The van der Waals surface area contributed by atoms with E-state index in [9.17, 15) is 14.7 Å². The minimum absolute atomic E-state index is 0.0739. The number of benzene rings is 2. The second-order valence-electron chi connectivity index (χ2n) is 5.50. The standard InChI is InChI=1S/C19H19ClO3/c1-2-16(19(22)23)17(13-6-4-3-5-7-13)12-18(21)14-8-10-15(20)11-9-14/h3-11,16-17H,2,12H2,1H3,(H,22,23). The van der Waals surface area contributed by atoms with Crippen molar-refractivity contribution in [3.63, 3.8) is 0 Å². The second-order valence-corrected chi connectivity index (χ2v) is 5.94. The highest BCUT2D eigenvalue weighted by atomic mass is 35.5. The summed E-state index contributed by atoms with van der Waals surface area (Å²) in [6.07, 6.45) is 0.638. The number of hydrogen-bond donors (Lipinski definition) is 1. The van der Waals surface area contributed by atoms with Gasteiger partial charge in [0.05, 0.1) is 5.92 Å². The van der Waals surface area contributed by atoms with Crippen LogP contribution < -0.4 is 0 Å². The summed E-state index contributed by atoms with van der Waals surface area (Å²) < 4.78 is 0. The van der Waals surface area contributed by atoms with E-state index in [2.05, 4.69) is 0 Å². The second kappa shape index (κ2) is 7.93. The Hall–Kier alpha value is -2.13. The molecule has 23 heavy (non-hydrogen) atoms. The molecule has 0 aliphatic heterocycles. The first-order valence-corrected chi connectivity index (χ1v) is 7.97. The number of ketones is 1. The van der Waals surface area contributed by atoms with Gasteiger partial charge >= 0.3 is 5.97 Å². The third kappa shape index (κ3) is 4.42. The van der Waals surface area contributed by atoms with Crippen LogP contribution in [0, 0.1) is 5.92 Å². The van der Waals surface area contributed by atoms with Gasteiger partial charge in [-0.1, -0.05) is 48.9 Å². The monoisotopic (exact) mass is 330 g/mol. The lowest BCUT2D eigenvalue weighted by Crippen LogP contribution is -2.24. The van der Waals surface area contributed by atoms with Gasteiger partial charge in [0.2, 0.25) is 0 Å². The van der Waals surface area contributed by atoms with E-state index in [0.29, 0.717) is 17.0 Å². The van der Waals surface area contributed by atoms with Crippen LogP contribution in [0.3, 0.4) is 0 Å². The average Bonchev–Trinajstić information content (AvgIpc) is 2.55. The van der Waals surface area contributed by atoms with E-state index in [1.807, 2.05) is 37.3 Å². The zero-order chi connectivity index (χ0) is 16.8. The Kier molecular flexibility index (Phi) is 5.94. The summed E-state index contributed by atoms with van der Waals surface area (Å²) in [4.78, 5) is 24.1. The van der Waals surface area contributed by atoms with Crippen molar-refractivity contribution in [2.24, 2.45) is 5.92 Å². The Balaban J connectivity index is 2.29. The highest BCUT2D eigenvalue weighted by Crippen LogP contribution is 2.32. The van der Waals surface area contributed by atoms with Crippen LogP contribution >= 0.6 is 11.6 Å². The molecule has 0 bridgehead atoms. The maximum Gasteiger partial charge on any atom is 0.307 e. The summed E-state index contributed by atoms with van der Waals surface area (Å²) in [6, 6.07) is 16.1. The van der Waals surface area contributed by atoms with Crippen LogP contribution in [0.5, 0.6) is 0 Å². The van der Waals surface area contributed by atoms with E-state index < -0.39 is 11.9 Å². The molecule has 1 N–H and O–H groups in total. The van der Waals surface area contributed by atoms with Crippen LogP contribution in [0.4, 0.5) is 0 Å². The Morgan fingerprint density at radius 1 is 1.04 bits per heavy atom. The summed E-state index contributed by atoms with van der Waals surface area (Å²) in [5.74, 6) is -1.88. The number of aliphatic carboxylic acids is 1. The van der Waals surface area contributed by atoms with E-state index in [4.69, 9.17) is 11.6 Å². The van der Waals surface area contributed by atoms with E-state index in [1.54, 1.807) is 24.3 Å². The molecule has 2 atom stereocenters. The zero-order valence-corrected chi connectivity index (χ0v) is 13.7. The van der Waals surface area contributed by atoms with Crippen LogP contribution in [-0.4, -0.2) is 16.9 Å². The maximum absolute atomic E-state index is 12.5. The van der Waals surface area contributed by atoms with Gasteiger partial charge in [0, 0.05) is 22.9 Å². The molecule has 2 unspecified atom stereocenters. The van der Waals surface area contributed by atoms with Crippen molar-refractivity contribution in [2.75, 3.05) is 0 Å². The summed E-state index contributed by atoms with van der Waals surface area (Å²) >= 11 is 5.84. The van der Waals surface area contributed by atoms with Crippen LogP contribution in [-0.2, 0) is 4.79 Å². The first-order chi connectivity index (χ1) is 11.0. The molecule has 4 heteroatoms. The number of carboxylic acids is 1. The molecule has 0 aliphatic rings. The summed E-state index contributed by atoms with van der Waals surface area (Å²) in [7, 11) is 0. The predicted octanol–water partition coefficient (Wildman–Crippen LogP) is 4.81. The number of hydrogen-bond acceptors (Lipinski definition) is 2. The van der Waals surface area contributed by atoms with Gasteiger partial charge in [0.1, 0.15) is 0 Å². The topological polar surface area (TPSA) is 54.4 Å². The fourth-order valence-corrected chi connectivity index (χ4v) is 2.90. The Bertz CT molecular complexity index is 665. The Labute approximate surface area is 140 Å². The van der Waals surface area contributed by atoms with Crippen LogP contribution in [0.25, 0.3) is 0 Å². The van der Waals surface area contributed by atoms with Crippen molar-refractivity contribution in [2.45, 2.75) is 25.7 Å². The first kappa shape index (κ1) is 17.2. The largest absolute Gasteiger partial charge is 0.481 e. The van der Waals surface area contributed by atoms with E-state index in [0.717, 1.165) is 5.56 Å². The molecule has 0 saturated carbocycles. The zero-order valence-electron chi connectivity index (χ0n) is 12.9. The Morgan fingerprint density at radius 3 is 2.17 bits per heavy atom. The van der Waals surface area contributed by atoms with Gasteiger partial charge in [-0.15, -0.1) is 0 Å². The molecule has 0 fully saturated rings. The highest BCUT2D eigenvalue weighted by Gasteiger charge is 2.30. The molecule has 0 radical (unpaired) electrons. The van der Waals surface area contributed by atoms with Crippen LogP contribution in [0.2, 0.25) is 5.02 Å². The fourth-order valence-electron chi connectivity index (χ4n) is 2.78. The molecule has 0 aliphatic carbocycles. The van der Waals surface area contributed by atoms with Crippen molar-refractivity contribution in [1.29, 1.82) is 0 Å². The highest BCUT2D eigenvalue weighted by molar-refractivity contribution is 6.30. The van der Waals surface area contributed by atoms with Gasteiger partial charge in [0.25, 0.3) is 0 Å². The molecule has 0 amide bonds. The SMILES string of the molecule is CCC(C(=O)O)C(CC(=O)c1ccc(Cl)cc1)c1ccccc1. The Morgan fingerprint density at radius 2 is 1.65 bits per heavy atom. The quantitative estimate of drug-likeness (QED) is 0.741. The molecule has 0 saturated heterocycles. The van der Waals surface area contributed by atoms with Gasteiger partial charge in [-0.3, -0.25) is 9.59 Å². The third-order valence-corrected chi connectivity index (χ3v) is 4.29. The van der Waals surface area contributed by atoms with Gasteiger partial charge < -0.3 is 5.11 Å². The number of carbonyl (C=O) groups excluding carboxylic acids is 1. The normalized spacial score (nSPS) is 13.3. The van der Waals surface area contributed by atoms with E-state index in [1.165, 1.54) is 0 Å². The molecule has 3 nitrogen and oxygen atoms in total. The van der Waals surface area contributed by atoms with Crippen molar-refractivity contribution < 1.29 is 14.7 Å². The molecule has 0 aromatic heterocycles. The summed E-state index contributed by atoms with van der Waals surface area (Å²) in [5, 5.41) is 10.1. The number of carbonyl (C=O) groups is 2. The average molecular weight is 331 g/mol. The third-order valence-electron chi connectivity index (χ3n) is 4.04. The lowest BCUT2D eigenvalue weighted by Gasteiger charge is -2.23. The number of Topliss-reactive ketones (excluding diaryl/α,β-unsaturated/α-hetero) is 1. The fraction of sp³-hybridized carbons (Fsp3) is 0.263. The lowest BCUT2D eigenvalue weighted by molar-refractivity contribution is -0.142. The molecule has 0 heterocycles. The molecular weight excluding hydrogens is 312 g/mol. The van der Waals surface area contributed by atoms with Gasteiger partial charge in [-0.05, 0) is 36.2 Å². The smallest absolute Gasteiger partial charge is 0.307 e. The van der Waals surface area contributed by atoms with E-state index in [-0.39, 0.29) is 18.1 Å². The number of halogens is 1. The summed E-state index contributed by atoms with van der Waals surface area (Å²) in [6.45, 7) is 1.83. The summed E-state index contributed by atoms with van der Waals surface area (Å²) in [5.41, 5.74) is 1.43. The molecular formula is C19H19ClO3. The molecule has 2 aromatic carbocycles. The van der Waals surface area contributed by atoms with Crippen molar-refractivity contribution in [1.82, 2.24) is 0 Å². The minimum Gasteiger partial charge on any atom is -0.481 e. The van der Waals surface area contributed by atoms with Crippen molar-refractivity contribution in [3.8, 4) is 0 Å². The van der Waals surface area contributed by atoms with Crippen LogP contribution in [0.15, 0.2) is 54.6 Å². The number of rotatable bonds is 7. The van der Waals surface area contributed by atoms with Gasteiger partial charge in [0.15, 0.2) is 5.78 Å². The van der Waals surface area contributed by atoms with Crippen LogP contribution in [0.1, 0.15) is 41.6 Å². The maximum atomic E-state index is 12.5. The van der Waals surface area contributed by atoms with Gasteiger partial charge in [-0.2, -0.15) is 0 Å². The predicted molar refractivity (Wildman–Crippen MR) is 91.0 cm³/mol. The molecule has 2 aromatic rings. The van der Waals surface area contributed by atoms with Gasteiger partial charge in [-0.25, -0.2) is 0 Å². The molecule has 0 spiro atoms. The lowest BCUT2D eigenvalue weighted by atomic mass is 9.80. The van der Waals surface area contributed by atoms with Crippen molar-refractivity contribution >= 4 is 23.4 Å². The molecule has 2 rings (SSSR count). The minimum atomic E-state index is -0.870. The van der Waals surface area contributed by atoms with E-state index >= 15 is 0 Å². The number of carboxylic acid groups (broad SMARTS) is 1. The van der Waals surface area contributed by atoms with Crippen molar-refractivity contribution in [3.05, 3.63) is 70.7 Å². The molecule has 120 valence electrons. The first-order valence-electron chi connectivity index (χ1n) is 7.59.